The Morgan fingerprint density at radius 2 is 2.07 bits per heavy atom. The van der Waals surface area contributed by atoms with Gasteiger partial charge in [0, 0.05) is 12.1 Å². The lowest BCUT2D eigenvalue weighted by molar-refractivity contribution is -0.122. The van der Waals surface area contributed by atoms with Crippen LogP contribution >= 0.6 is 0 Å². The van der Waals surface area contributed by atoms with Crippen LogP contribution in [0.4, 0.5) is 5.69 Å². The van der Waals surface area contributed by atoms with E-state index in [1.807, 2.05) is 31.2 Å². The molecule has 2 heteroatoms. The van der Waals surface area contributed by atoms with Crippen LogP contribution in [0.1, 0.15) is 31.7 Å². The van der Waals surface area contributed by atoms with Gasteiger partial charge in [-0.05, 0) is 31.4 Å². The van der Waals surface area contributed by atoms with Gasteiger partial charge in [-0.1, -0.05) is 18.2 Å². The van der Waals surface area contributed by atoms with Gasteiger partial charge in [0.05, 0.1) is 11.1 Å². The third-order valence-corrected chi connectivity index (χ3v) is 3.65. The number of carbonyl (C=O) groups is 1. The van der Waals surface area contributed by atoms with E-state index in [0.29, 0.717) is 12.2 Å². The lowest BCUT2D eigenvalue weighted by Gasteiger charge is -2.30. The number of Topliss-reactive ketones (excluding diaryl/α,β-unsaturated/α-hetero) is 1. The number of rotatable bonds is 0. The standard InChI is InChI=1S/C13H13NO/c1-13-9-5-2-3-6-10(9)14-11(13)7-4-8-12(13)15/h2-3,5-6H,4,7-8H2,1H3. The predicted molar refractivity (Wildman–Crippen MR) is 59.7 cm³/mol. The molecule has 76 valence electrons. The smallest absolute Gasteiger partial charge is 0.148 e. The molecule has 1 aliphatic heterocycles. The maximum absolute atomic E-state index is 12.1. The summed E-state index contributed by atoms with van der Waals surface area (Å²) in [6.45, 7) is 2.03. The number of hydrogen-bond acceptors (Lipinski definition) is 2. The molecule has 0 aromatic heterocycles. The van der Waals surface area contributed by atoms with Crippen LogP contribution in [0.3, 0.4) is 0 Å². The molecule has 0 N–H and O–H groups in total. The van der Waals surface area contributed by atoms with E-state index in [0.717, 1.165) is 29.8 Å². The first-order valence-corrected chi connectivity index (χ1v) is 5.44. The van der Waals surface area contributed by atoms with E-state index in [-0.39, 0.29) is 0 Å². The van der Waals surface area contributed by atoms with Crippen LogP contribution in [-0.2, 0) is 10.2 Å². The highest BCUT2D eigenvalue weighted by molar-refractivity contribution is 6.19. The minimum atomic E-state index is -0.408. The van der Waals surface area contributed by atoms with Crippen molar-refractivity contribution in [2.75, 3.05) is 0 Å². The van der Waals surface area contributed by atoms with Gasteiger partial charge in [-0.2, -0.15) is 0 Å². The first-order valence-electron chi connectivity index (χ1n) is 5.44. The number of ketones is 1. The van der Waals surface area contributed by atoms with E-state index in [1.54, 1.807) is 0 Å². The largest absolute Gasteiger partial charge is 0.298 e. The van der Waals surface area contributed by atoms with Gasteiger partial charge in [0.2, 0.25) is 0 Å². The molecule has 1 atom stereocenters. The quantitative estimate of drug-likeness (QED) is 0.631. The van der Waals surface area contributed by atoms with Crippen molar-refractivity contribution in [3.8, 4) is 0 Å². The fourth-order valence-electron chi connectivity index (χ4n) is 2.69. The van der Waals surface area contributed by atoms with Gasteiger partial charge >= 0.3 is 0 Å². The van der Waals surface area contributed by atoms with Gasteiger partial charge in [0.15, 0.2) is 0 Å². The second-order valence-electron chi connectivity index (χ2n) is 4.48. The SMILES string of the molecule is CC12C(=O)CCCC1=Nc1ccccc12. The van der Waals surface area contributed by atoms with E-state index in [9.17, 15) is 4.79 Å². The molecular weight excluding hydrogens is 186 g/mol. The molecule has 2 nitrogen and oxygen atoms in total. The normalized spacial score (nSPS) is 28.3. The summed E-state index contributed by atoms with van der Waals surface area (Å²) in [5.74, 6) is 0.331. The van der Waals surface area contributed by atoms with Crippen LogP contribution in [0.25, 0.3) is 0 Å². The van der Waals surface area contributed by atoms with Gasteiger partial charge in [-0.3, -0.25) is 9.79 Å². The highest BCUT2D eigenvalue weighted by atomic mass is 16.1. The Kier molecular flexibility index (Phi) is 1.64. The van der Waals surface area contributed by atoms with Crippen molar-refractivity contribution in [3.05, 3.63) is 29.8 Å². The fraction of sp³-hybridized carbons (Fsp3) is 0.385. The summed E-state index contributed by atoms with van der Waals surface area (Å²) < 4.78 is 0. The molecule has 0 saturated heterocycles. The van der Waals surface area contributed by atoms with Gasteiger partial charge in [0.25, 0.3) is 0 Å². The van der Waals surface area contributed by atoms with E-state index in [2.05, 4.69) is 4.99 Å². The zero-order valence-corrected chi connectivity index (χ0v) is 8.79. The van der Waals surface area contributed by atoms with Crippen molar-refractivity contribution in [1.29, 1.82) is 0 Å². The number of hydrogen-bond donors (Lipinski definition) is 0. The molecule has 1 fully saturated rings. The van der Waals surface area contributed by atoms with E-state index in [1.165, 1.54) is 0 Å². The average molecular weight is 199 g/mol. The lowest BCUT2D eigenvalue weighted by atomic mass is 9.70. The second kappa shape index (κ2) is 2.78. The van der Waals surface area contributed by atoms with Gasteiger partial charge < -0.3 is 0 Å². The Hall–Kier alpha value is -1.44. The molecule has 1 aromatic rings. The summed E-state index contributed by atoms with van der Waals surface area (Å²) in [5.41, 5.74) is 2.75. The summed E-state index contributed by atoms with van der Waals surface area (Å²) in [5, 5.41) is 0. The van der Waals surface area contributed by atoms with Gasteiger partial charge in [-0.25, -0.2) is 0 Å². The highest BCUT2D eigenvalue weighted by Gasteiger charge is 2.46. The summed E-state index contributed by atoms with van der Waals surface area (Å²) in [6, 6.07) is 8.01. The molecule has 0 amide bonds. The Morgan fingerprint density at radius 3 is 2.93 bits per heavy atom. The van der Waals surface area contributed by atoms with Crippen LogP contribution in [0.2, 0.25) is 0 Å². The minimum Gasteiger partial charge on any atom is -0.298 e. The second-order valence-corrected chi connectivity index (χ2v) is 4.48. The van der Waals surface area contributed by atoms with Crippen molar-refractivity contribution < 1.29 is 4.79 Å². The van der Waals surface area contributed by atoms with E-state index in [4.69, 9.17) is 0 Å². The first kappa shape index (κ1) is 8.84. The molecule has 0 spiro atoms. The molecule has 0 bridgehead atoms. The van der Waals surface area contributed by atoms with Crippen LogP contribution in [0, 0.1) is 0 Å². The van der Waals surface area contributed by atoms with Crippen molar-refractivity contribution in [2.24, 2.45) is 4.99 Å². The molecule has 15 heavy (non-hydrogen) atoms. The molecule has 1 unspecified atom stereocenters. The van der Waals surface area contributed by atoms with Crippen LogP contribution in [-0.4, -0.2) is 11.5 Å². The fourth-order valence-corrected chi connectivity index (χ4v) is 2.69. The van der Waals surface area contributed by atoms with E-state index < -0.39 is 5.41 Å². The van der Waals surface area contributed by atoms with Gasteiger partial charge in [0.1, 0.15) is 5.78 Å². The molecule has 1 heterocycles. The molecule has 3 rings (SSSR count). The monoisotopic (exact) mass is 199 g/mol. The Morgan fingerprint density at radius 1 is 1.27 bits per heavy atom. The first-order chi connectivity index (χ1) is 7.23. The number of carbonyl (C=O) groups excluding carboxylic acids is 1. The zero-order chi connectivity index (χ0) is 10.5. The summed E-state index contributed by atoms with van der Waals surface area (Å²) in [7, 11) is 0. The van der Waals surface area contributed by atoms with Crippen LogP contribution in [0.5, 0.6) is 0 Å². The predicted octanol–water partition coefficient (Wildman–Crippen LogP) is 2.78. The maximum atomic E-state index is 12.1. The number of benzene rings is 1. The number of nitrogens with zero attached hydrogens (tertiary/aromatic N) is 1. The third-order valence-electron chi connectivity index (χ3n) is 3.65. The Labute approximate surface area is 89.0 Å². The molecule has 1 aliphatic carbocycles. The highest BCUT2D eigenvalue weighted by Crippen LogP contribution is 2.44. The summed E-state index contributed by atoms with van der Waals surface area (Å²) in [6.07, 6.45) is 2.63. The Balaban J connectivity index is 2.25. The zero-order valence-electron chi connectivity index (χ0n) is 8.79. The molecular formula is C13H13NO. The molecule has 2 aliphatic rings. The van der Waals surface area contributed by atoms with E-state index >= 15 is 0 Å². The lowest BCUT2D eigenvalue weighted by Crippen LogP contribution is -2.41. The Bertz CT molecular complexity index is 475. The number of aliphatic imine (C=N–C) groups is 1. The maximum Gasteiger partial charge on any atom is 0.148 e. The van der Waals surface area contributed by atoms with Crippen LogP contribution < -0.4 is 0 Å². The molecule has 0 radical (unpaired) electrons. The van der Waals surface area contributed by atoms with Crippen LogP contribution in [0.15, 0.2) is 29.3 Å². The summed E-state index contributed by atoms with van der Waals surface area (Å²) >= 11 is 0. The number of fused-ring (bicyclic) bond motifs is 3. The van der Waals surface area contributed by atoms with Crippen molar-refractivity contribution >= 4 is 17.2 Å². The molecule has 1 aromatic carbocycles. The number of para-hydroxylation sites is 1. The minimum absolute atomic E-state index is 0.331. The van der Waals surface area contributed by atoms with Crippen molar-refractivity contribution in [1.82, 2.24) is 0 Å². The van der Waals surface area contributed by atoms with Gasteiger partial charge in [-0.15, -0.1) is 0 Å². The topological polar surface area (TPSA) is 29.4 Å². The average Bonchev–Trinajstić information content (AvgIpc) is 2.55. The third kappa shape index (κ3) is 0.993. The van der Waals surface area contributed by atoms with Crippen molar-refractivity contribution in [2.45, 2.75) is 31.6 Å². The molecule has 1 saturated carbocycles. The summed E-state index contributed by atoms with van der Waals surface area (Å²) in [4.78, 5) is 16.7. The van der Waals surface area contributed by atoms with Crippen molar-refractivity contribution in [3.63, 3.8) is 0 Å².